The summed E-state index contributed by atoms with van der Waals surface area (Å²) in [5.74, 6) is 1.09. The molecular weight excluding hydrogens is 319 g/mol. The summed E-state index contributed by atoms with van der Waals surface area (Å²) in [6, 6.07) is 14.3. The Bertz CT molecular complexity index is 803. The number of rotatable bonds is 4. The number of nitrogens with zero attached hydrogens (tertiary/aromatic N) is 2. The van der Waals surface area contributed by atoms with Gasteiger partial charge in [0.15, 0.2) is 5.96 Å². The highest BCUT2D eigenvalue weighted by molar-refractivity contribution is 5.79. The average Bonchev–Trinajstić information content (AvgIpc) is 3.05. The smallest absolute Gasteiger partial charge is 0.191 e. The van der Waals surface area contributed by atoms with E-state index < -0.39 is 5.82 Å². The molecule has 1 unspecified atom stereocenters. The second-order valence-electron chi connectivity index (χ2n) is 5.78. The van der Waals surface area contributed by atoms with E-state index in [9.17, 15) is 4.39 Å². The van der Waals surface area contributed by atoms with Crippen LogP contribution in [0.4, 0.5) is 4.39 Å². The van der Waals surface area contributed by atoms with Gasteiger partial charge in [-0.3, -0.25) is 4.99 Å². The van der Waals surface area contributed by atoms with Crippen LogP contribution in [0.25, 0.3) is 0 Å². The third kappa shape index (κ3) is 4.07. The molecule has 0 saturated carbocycles. The number of halogens is 1. The molecule has 1 aliphatic rings. The number of para-hydroxylation sites is 1. The first-order valence-electron chi connectivity index (χ1n) is 8.07. The van der Waals surface area contributed by atoms with Crippen molar-refractivity contribution in [3.05, 3.63) is 65.0 Å². The van der Waals surface area contributed by atoms with Crippen molar-refractivity contribution >= 4 is 5.96 Å². The predicted octanol–water partition coefficient (Wildman–Crippen LogP) is 2.37. The van der Waals surface area contributed by atoms with Crippen molar-refractivity contribution in [1.82, 2.24) is 10.6 Å². The molecule has 6 heteroatoms. The normalized spacial score (nSPS) is 15.9. The van der Waals surface area contributed by atoms with Crippen molar-refractivity contribution < 1.29 is 9.13 Å². The molecule has 1 heterocycles. The third-order valence-corrected chi connectivity index (χ3v) is 4.06. The fraction of sp³-hybridized carbons (Fsp3) is 0.263. The van der Waals surface area contributed by atoms with Crippen molar-refractivity contribution in [3.8, 4) is 11.8 Å². The van der Waals surface area contributed by atoms with Gasteiger partial charge >= 0.3 is 0 Å². The van der Waals surface area contributed by atoms with Crippen LogP contribution in [-0.2, 0) is 13.0 Å². The quantitative estimate of drug-likeness (QED) is 0.663. The molecule has 2 aromatic carbocycles. The molecule has 0 fully saturated rings. The lowest BCUT2D eigenvalue weighted by atomic mass is 10.1. The molecule has 0 aromatic heterocycles. The maximum absolute atomic E-state index is 13.9. The van der Waals surface area contributed by atoms with Gasteiger partial charge in [-0.15, -0.1) is 0 Å². The molecule has 5 nitrogen and oxygen atoms in total. The first-order chi connectivity index (χ1) is 12.2. The van der Waals surface area contributed by atoms with E-state index in [0.29, 0.717) is 23.6 Å². The molecule has 0 aliphatic carbocycles. The van der Waals surface area contributed by atoms with Crippen LogP contribution in [0.15, 0.2) is 47.5 Å². The Kier molecular flexibility index (Phi) is 5.14. The number of nitriles is 1. The minimum atomic E-state index is -0.406. The van der Waals surface area contributed by atoms with Gasteiger partial charge in [-0.05, 0) is 23.8 Å². The summed E-state index contributed by atoms with van der Waals surface area (Å²) in [6.07, 6.45) is 0.896. The summed E-state index contributed by atoms with van der Waals surface area (Å²) in [5.41, 5.74) is 1.99. The Morgan fingerprint density at radius 2 is 2.16 bits per heavy atom. The van der Waals surface area contributed by atoms with E-state index in [1.165, 1.54) is 11.6 Å². The zero-order valence-electron chi connectivity index (χ0n) is 13.9. The van der Waals surface area contributed by atoms with Crippen molar-refractivity contribution in [2.24, 2.45) is 4.99 Å². The number of fused-ring (bicyclic) bond motifs is 1. The Labute approximate surface area is 146 Å². The maximum Gasteiger partial charge on any atom is 0.191 e. The van der Waals surface area contributed by atoms with E-state index in [-0.39, 0.29) is 12.6 Å². The summed E-state index contributed by atoms with van der Waals surface area (Å²) in [5, 5.41) is 15.0. The van der Waals surface area contributed by atoms with Gasteiger partial charge < -0.3 is 15.4 Å². The molecule has 0 bridgehead atoms. The van der Waals surface area contributed by atoms with Crippen LogP contribution >= 0.6 is 0 Å². The number of hydrogen-bond acceptors (Lipinski definition) is 3. The first-order valence-corrected chi connectivity index (χ1v) is 8.07. The standard InChI is InChI=1S/C19H19FN4O/c1-22-19(23-11-15-7-6-13(10-21)8-17(15)20)24-12-16-9-14-4-2-3-5-18(14)25-16/h2-8,16H,9,11-12H2,1H3,(H2,22,23,24). The molecule has 128 valence electrons. The number of guanidine groups is 1. The number of aliphatic imine (C=N–C) groups is 1. The largest absolute Gasteiger partial charge is 0.488 e. The zero-order chi connectivity index (χ0) is 17.6. The minimum Gasteiger partial charge on any atom is -0.488 e. The summed E-state index contributed by atoms with van der Waals surface area (Å²) < 4.78 is 19.8. The lowest BCUT2D eigenvalue weighted by molar-refractivity contribution is 0.235. The second-order valence-corrected chi connectivity index (χ2v) is 5.78. The van der Waals surface area contributed by atoms with E-state index in [4.69, 9.17) is 10.00 Å². The van der Waals surface area contributed by atoms with E-state index in [1.54, 1.807) is 19.2 Å². The average molecular weight is 338 g/mol. The molecule has 2 aromatic rings. The fourth-order valence-electron chi connectivity index (χ4n) is 2.74. The fourth-order valence-corrected chi connectivity index (χ4v) is 2.74. The summed E-state index contributed by atoms with van der Waals surface area (Å²) >= 11 is 0. The van der Waals surface area contributed by atoms with E-state index in [2.05, 4.69) is 21.7 Å². The Morgan fingerprint density at radius 3 is 2.88 bits per heavy atom. The van der Waals surface area contributed by atoms with E-state index in [1.807, 2.05) is 24.3 Å². The molecule has 2 N–H and O–H groups in total. The van der Waals surface area contributed by atoms with Crippen LogP contribution in [0.5, 0.6) is 5.75 Å². The molecule has 0 saturated heterocycles. The van der Waals surface area contributed by atoms with Gasteiger partial charge in [-0.1, -0.05) is 24.3 Å². The van der Waals surface area contributed by atoms with E-state index >= 15 is 0 Å². The second kappa shape index (κ2) is 7.67. The molecule has 0 spiro atoms. The minimum absolute atomic E-state index is 0.0441. The molecule has 0 radical (unpaired) electrons. The molecule has 1 aliphatic heterocycles. The SMILES string of the molecule is CN=C(NCc1ccc(C#N)cc1F)NCC1Cc2ccccc2O1. The van der Waals surface area contributed by atoms with Crippen LogP contribution in [0.3, 0.4) is 0 Å². The molecular formula is C19H19FN4O. The molecule has 25 heavy (non-hydrogen) atoms. The Balaban J connectivity index is 1.50. The summed E-state index contributed by atoms with van der Waals surface area (Å²) in [6.45, 7) is 0.882. The van der Waals surface area contributed by atoms with Gasteiger partial charge in [0.05, 0.1) is 18.2 Å². The van der Waals surface area contributed by atoms with Gasteiger partial charge in [0.2, 0.25) is 0 Å². The number of benzene rings is 2. The lowest BCUT2D eigenvalue weighted by Gasteiger charge is -2.16. The predicted molar refractivity (Wildman–Crippen MR) is 93.9 cm³/mol. The topological polar surface area (TPSA) is 69.4 Å². The van der Waals surface area contributed by atoms with Gasteiger partial charge in [0.1, 0.15) is 17.7 Å². The van der Waals surface area contributed by atoms with Crippen molar-refractivity contribution in [2.75, 3.05) is 13.6 Å². The van der Waals surface area contributed by atoms with Gasteiger partial charge in [0, 0.05) is 25.6 Å². The number of hydrogen-bond donors (Lipinski definition) is 2. The van der Waals surface area contributed by atoms with Crippen molar-refractivity contribution in [2.45, 2.75) is 19.1 Å². The maximum atomic E-state index is 13.9. The van der Waals surface area contributed by atoms with Crippen LogP contribution in [-0.4, -0.2) is 25.7 Å². The lowest BCUT2D eigenvalue weighted by Crippen LogP contribution is -2.42. The highest BCUT2D eigenvalue weighted by Gasteiger charge is 2.22. The summed E-state index contributed by atoms with van der Waals surface area (Å²) in [7, 11) is 1.66. The van der Waals surface area contributed by atoms with Crippen LogP contribution in [0.1, 0.15) is 16.7 Å². The highest BCUT2D eigenvalue weighted by atomic mass is 19.1. The highest BCUT2D eigenvalue weighted by Crippen LogP contribution is 2.27. The van der Waals surface area contributed by atoms with Crippen LogP contribution < -0.4 is 15.4 Å². The Hall–Kier alpha value is -3.07. The van der Waals surface area contributed by atoms with Gasteiger partial charge in [-0.2, -0.15) is 5.26 Å². The van der Waals surface area contributed by atoms with Gasteiger partial charge in [0.25, 0.3) is 0 Å². The van der Waals surface area contributed by atoms with Gasteiger partial charge in [-0.25, -0.2) is 4.39 Å². The van der Waals surface area contributed by atoms with Crippen LogP contribution in [0, 0.1) is 17.1 Å². The number of ether oxygens (including phenoxy) is 1. The van der Waals surface area contributed by atoms with E-state index in [0.717, 1.165) is 12.2 Å². The summed E-state index contributed by atoms with van der Waals surface area (Å²) in [4.78, 5) is 4.14. The van der Waals surface area contributed by atoms with Crippen molar-refractivity contribution in [3.63, 3.8) is 0 Å². The Morgan fingerprint density at radius 1 is 1.32 bits per heavy atom. The molecule has 0 amide bonds. The first kappa shape index (κ1) is 16.8. The van der Waals surface area contributed by atoms with Crippen LogP contribution in [0.2, 0.25) is 0 Å². The third-order valence-electron chi connectivity index (χ3n) is 4.06. The zero-order valence-corrected chi connectivity index (χ0v) is 13.9. The van der Waals surface area contributed by atoms with Crippen molar-refractivity contribution in [1.29, 1.82) is 5.26 Å². The number of nitrogens with one attached hydrogen (secondary N) is 2. The molecule has 3 rings (SSSR count). The monoisotopic (exact) mass is 338 g/mol. The molecule has 1 atom stereocenters.